The van der Waals surface area contributed by atoms with Gasteiger partial charge in [-0.25, -0.2) is 0 Å². The molecule has 0 rings (SSSR count). The number of unbranched alkanes of at least 4 members (excludes halogenated alkanes) is 12. The molecule has 0 aliphatic heterocycles. The van der Waals surface area contributed by atoms with Gasteiger partial charge in [-0.2, -0.15) is 0 Å². The molecule has 0 aromatic carbocycles. The first-order valence-electron chi connectivity index (χ1n) is 8.07. The molecule has 0 atom stereocenters. The highest BCUT2D eigenvalue weighted by atomic mass is 16.3. The molecule has 0 aromatic rings. The minimum Gasteiger partial charge on any atom is -0.512 e. The maximum Gasteiger partial charge on any atom is 0.0923 e. The molecule has 0 bridgehead atoms. The smallest absolute Gasteiger partial charge is 0.0923 e. The van der Waals surface area contributed by atoms with Crippen LogP contribution >= 0.6 is 0 Å². The SMILES string of the molecule is [CH]=C(O)CCCCCCCCCCCCCCC. The van der Waals surface area contributed by atoms with E-state index in [1.165, 1.54) is 77.0 Å². The second-order valence-corrected chi connectivity index (χ2v) is 5.48. The summed E-state index contributed by atoms with van der Waals surface area (Å²) < 4.78 is 0. The topological polar surface area (TPSA) is 20.2 Å². The highest BCUT2D eigenvalue weighted by Crippen LogP contribution is 2.13. The molecule has 1 nitrogen and oxygen atoms in total. The Kier molecular flexibility index (Phi) is 14.2. The Bertz CT molecular complexity index is 174. The van der Waals surface area contributed by atoms with Crippen LogP contribution in [0.3, 0.4) is 0 Å². The molecule has 0 aliphatic rings. The molecule has 0 spiro atoms. The summed E-state index contributed by atoms with van der Waals surface area (Å²) >= 11 is 0. The molecule has 0 fully saturated rings. The minimum absolute atomic E-state index is 0.0954. The van der Waals surface area contributed by atoms with Crippen LogP contribution in [0.15, 0.2) is 5.76 Å². The Morgan fingerprint density at radius 2 is 1.00 bits per heavy atom. The van der Waals surface area contributed by atoms with Gasteiger partial charge in [-0.1, -0.05) is 84.0 Å². The van der Waals surface area contributed by atoms with Gasteiger partial charge in [0, 0.05) is 6.42 Å². The Labute approximate surface area is 115 Å². The number of allylic oxidation sites excluding steroid dienone is 1. The van der Waals surface area contributed by atoms with Gasteiger partial charge in [-0.05, 0) is 13.0 Å². The molecule has 18 heavy (non-hydrogen) atoms. The monoisotopic (exact) mass is 253 g/mol. The lowest BCUT2D eigenvalue weighted by molar-refractivity contribution is 0.381. The van der Waals surface area contributed by atoms with Gasteiger partial charge < -0.3 is 5.11 Å². The third-order valence-corrected chi connectivity index (χ3v) is 3.54. The zero-order valence-corrected chi connectivity index (χ0v) is 12.4. The molecule has 1 N–H and O–H groups in total. The molecular weight excluding hydrogens is 220 g/mol. The first-order valence-corrected chi connectivity index (χ1v) is 8.07. The van der Waals surface area contributed by atoms with Gasteiger partial charge in [-0.3, -0.25) is 0 Å². The largest absolute Gasteiger partial charge is 0.512 e. The van der Waals surface area contributed by atoms with Crippen molar-refractivity contribution in [2.75, 3.05) is 0 Å². The highest BCUT2D eigenvalue weighted by Gasteiger charge is 1.94. The summed E-state index contributed by atoms with van der Waals surface area (Å²) in [7, 11) is 0. The van der Waals surface area contributed by atoms with Crippen molar-refractivity contribution in [2.24, 2.45) is 0 Å². The first-order chi connectivity index (χ1) is 8.77. The second-order valence-electron chi connectivity index (χ2n) is 5.48. The Morgan fingerprint density at radius 3 is 1.33 bits per heavy atom. The lowest BCUT2D eigenvalue weighted by Gasteiger charge is -2.02. The predicted molar refractivity (Wildman–Crippen MR) is 80.8 cm³/mol. The third kappa shape index (κ3) is 15.5. The van der Waals surface area contributed by atoms with Crippen LogP contribution in [-0.4, -0.2) is 5.11 Å². The van der Waals surface area contributed by atoms with E-state index in [-0.39, 0.29) is 5.76 Å². The quantitative estimate of drug-likeness (QED) is 0.283. The summed E-state index contributed by atoms with van der Waals surface area (Å²) in [5.74, 6) is 0.0954. The van der Waals surface area contributed by atoms with Gasteiger partial charge in [0.25, 0.3) is 0 Å². The van der Waals surface area contributed by atoms with E-state index in [9.17, 15) is 0 Å². The van der Waals surface area contributed by atoms with Crippen molar-refractivity contribution in [3.63, 3.8) is 0 Å². The van der Waals surface area contributed by atoms with Crippen molar-refractivity contribution < 1.29 is 5.11 Å². The Balaban J connectivity index is 2.92. The fourth-order valence-corrected chi connectivity index (χ4v) is 2.32. The van der Waals surface area contributed by atoms with Crippen molar-refractivity contribution in [3.8, 4) is 0 Å². The maximum atomic E-state index is 8.82. The zero-order chi connectivity index (χ0) is 13.5. The van der Waals surface area contributed by atoms with E-state index in [2.05, 4.69) is 6.92 Å². The van der Waals surface area contributed by atoms with Crippen molar-refractivity contribution in [3.05, 3.63) is 12.3 Å². The van der Waals surface area contributed by atoms with Crippen LogP contribution in [-0.2, 0) is 0 Å². The van der Waals surface area contributed by atoms with Crippen LogP contribution in [0.1, 0.15) is 96.8 Å². The summed E-state index contributed by atoms with van der Waals surface area (Å²) in [6.07, 6.45) is 18.3. The molecule has 1 radical (unpaired) electrons. The number of aliphatic hydroxyl groups excluding tert-OH is 1. The van der Waals surface area contributed by atoms with E-state index in [1.54, 1.807) is 0 Å². The van der Waals surface area contributed by atoms with Crippen molar-refractivity contribution in [2.45, 2.75) is 96.8 Å². The summed E-state index contributed by atoms with van der Waals surface area (Å²) in [6, 6.07) is 0. The van der Waals surface area contributed by atoms with Crippen LogP contribution in [0.25, 0.3) is 0 Å². The summed E-state index contributed by atoms with van der Waals surface area (Å²) in [4.78, 5) is 0. The van der Waals surface area contributed by atoms with Crippen LogP contribution < -0.4 is 0 Å². The molecule has 0 unspecified atom stereocenters. The number of aliphatic hydroxyl groups is 1. The summed E-state index contributed by atoms with van der Waals surface area (Å²) in [5, 5.41) is 8.82. The van der Waals surface area contributed by atoms with Gasteiger partial charge in [0.2, 0.25) is 0 Å². The van der Waals surface area contributed by atoms with Crippen molar-refractivity contribution in [1.82, 2.24) is 0 Å². The van der Waals surface area contributed by atoms with Crippen LogP contribution in [0, 0.1) is 6.58 Å². The lowest BCUT2D eigenvalue weighted by Crippen LogP contribution is -1.84. The van der Waals surface area contributed by atoms with Gasteiger partial charge in [0.1, 0.15) is 0 Å². The van der Waals surface area contributed by atoms with E-state index in [1.807, 2.05) is 0 Å². The van der Waals surface area contributed by atoms with E-state index in [0.29, 0.717) is 6.42 Å². The fraction of sp³-hybridized carbons (Fsp3) is 0.882. The molecule has 0 aliphatic carbocycles. The Hall–Kier alpha value is -0.460. The minimum atomic E-state index is 0.0954. The van der Waals surface area contributed by atoms with Gasteiger partial charge in [0.05, 0.1) is 5.76 Å². The van der Waals surface area contributed by atoms with E-state index in [0.717, 1.165) is 6.42 Å². The molecule has 0 heterocycles. The molecule has 0 amide bonds. The normalized spacial score (nSPS) is 10.7. The molecule has 0 saturated heterocycles. The third-order valence-electron chi connectivity index (χ3n) is 3.54. The van der Waals surface area contributed by atoms with E-state index in [4.69, 9.17) is 11.7 Å². The molecule has 1 heteroatoms. The summed E-state index contributed by atoms with van der Waals surface area (Å²) in [5.41, 5.74) is 0. The first kappa shape index (κ1) is 17.5. The highest BCUT2D eigenvalue weighted by molar-refractivity contribution is 4.73. The number of hydrogen-bond acceptors (Lipinski definition) is 1. The van der Waals surface area contributed by atoms with E-state index < -0.39 is 0 Å². The average molecular weight is 253 g/mol. The standard InChI is InChI=1S/C17H33O/c1-3-4-5-6-7-8-9-10-11-12-13-14-15-16-17(2)18/h2,18H,3-16H2,1H3. The fourth-order valence-electron chi connectivity index (χ4n) is 2.32. The number of rotatable bonds is 14. The molecular formula is C17H33O. The second kappa shape index (κ2) is 14.6. The summed E-state index contributed by atoms with van der Waals surface area (Å²) in [6.45, 7) is 7.47. The van der Waals surface area contributed by atoms with Crippen LogP contribution in [0.2, 0.25) is 0 Å². The van der Waals surface area contributed by atoms with Crippen LogP contribution in [0.4, 0.5) is 0 Å². The molecule has 0 aromatic heterocycles. The molecule has 107 valence electrons. The molecule has 0 saturated carbocycles. The van der Waals surface area contributed by atoms with Crippen molar-refractivity contribution in [1.29, 1.82) is 0 Å². The maximum absolute atomic E-state index is 8.82. The predicted octanol–water partition coefficient (Wildman–Crippen LogP) is 6.34. The average Bonchev–Trinajstić information content (AvgIpc) is 2.34. The van der Waals surface area contributed by atoms with E-state index >= 15 is 0 Å². The Morgan fingerprint density at radius 1 is 0.667 bits per heavy atom. The van der Waals surface area contributed by atoms with Crippen LogP contribution in [0.5, 0.6) is 0 Å². The zero-order valence-electron chi connectivity index (χ0n) is 12.4. The van der Waals surface area contributed by atoms with Gasteiger partial charge in [-0.15, -0.1) is 0 Å². The lowest BCUT2D eigenvalue weighted by atomic mass is 10.0. The number of hydrogen-bond donors (Lipinski definition) is 1. The van der Waals surface area contributed by atoms with Gasteiger partial charge >= 0.3 is 0 Å². The van der Waals surface area contributed by atoms with Crippen molar-refractivity contribution >= 4 is 0 Å². The van der Waals surface area contributed by atoms with Gasteiger partial charge in [0.15, 0.2) is 0 Å².